The first-order chi connectivity index (χ1) is 8.08. The summed E-state index contributed by atoms with van der Waals surface area (Å²) in [6, 6.07) is 0. The molecule has 2 aliphatic rings. The van der Waals surface area contributed by atoms with Gasteiger partial charge in [-0.15, -0.1) is 0 Å². The van der Waals surface area contributed by atoms with Crippen molar-refractivity contribution >= 4 is 11.9 Å². The van der Waals surface area contributed by atoms with Gasteiger partial charge in [-0.25, -0.2) is 4.79 Å². The third-order valence-electron chi connectivity index (χ3n) is 4.42. The van der Waals surface area contributed by atoms with E-state index in [4.69, 9.17) is 10.5 Å². The average Bonchev–Trinajstić information content (AvgIpc) is 2.87. The Morgan fingerprint density at radius 1 is 1.53 bits per heavy atom. The van der Waals surface area contributed by atoms with Crippen molar-refractivity contribution in [1.29, 1.82) is 0 Å². The first kappa shape index (κ1) is 12.1. The van der Waals surface area contributed by atoms with Crippen molar-refractivity contribution in [2.75, 3.05) is 6.61 Å². The van der Waals surface area contributed by atoms with Gasteiger partial charge in [0.05, 0.1) is 12.0 Å². The number of rotatable bonds is 5. The van der Waals surface area contributed by atoms with E-state index < -0.39 is 5.97 Å². The van der Waals surface area contributed by atoms with E-state index in [1.807, 2.05) is 0 Å². The van der Waals surface area contributed by atoms with Crippen LogP contribution in [0, 0.1) is 17.3 Å². The van der Waals surface area contributed by atoms with E-state index in [0.717, 1.165) is 38.2 Å². The molecule has 3 atom stereocenters. The third kappa shape index (κ3) is 2.08. The molecule has 0 saturated heterocycles. The minimum Gasteiger partial charge on any atom is -0.463 e. The molecule has 0 heterocycles. The van der Waals surface area contributed by atoms with Gasteiger partial charge in [-0.05, 0) is 43.9 Å². The summed E-state index contributed by atoms with van der Waals surface area (Å²) < 4.78 is 4.98. The number of esters is 1. The monoisotopic (exact) mass is 237 g/mol. The minimum atomic E-state index is -0.402. The van der Waals surface area contributed by atoms with Crippen LogP contribution in [0.15, 0.2) is 12.7 Å². The summed E-state index contributed by atoms with van der Waals surface area (Å²) in [5, 5.41) is 0. The fourth-order valence-electron chi connectivity index (χ4n) is 3.56. The fourth-order valence-corrected chi connectivity index (χ4v) is 3.56. The van der Waals surface area contributed by atoms with Crippen LogP contribution in [-0.2, 0) is 14.3 Å². The second-order valence-corrected chi connectivity index (χ2v) is 5.22. The highest BCUT2D eigenvalue weighted by Crippen LogP contribution is 2.58. The zero-order valence-corrected chi connectivity index (χ0v) is 9.98. The molecule has 2 rings (SSSR count). The molecule has 2 fully saturated rings. The number of primary amides is 1. The SMILES string of the molecule is C=CC(=O)OCCC1CC2CCC1(C(N)=O)C2. The van der Waals surface area contributed by atoms with Gasteiger partial charge in [-0.3, -0.25) is 4.79 Å². The maximum absolute atomic E-state index is 11.6. The molecule has 0 aromatic heterocycles. The van der Waals surface area contributed by atoms with E-state index in [0.29, 0.717) is 12.5 Å². The summed E-state index contributed by atoms with van der Waals surface area (Å²) in [4.78, 5) is 22.6. The molecule has 2 N–H and O–H groups in total. The van der Waals surface area contributed by atoms with Crippen LogP contribution in [0.25, 0.3) is 0 Å². The molecule has 0 aromatic carbocycles. The van der Waals surface area contributed by atoms with E-state index >= 15 is 0 Å². The number of fused-ring (bicyclic) bond motifs is 2. The molecular formula is C13H19NO3. The van der Waals surface area contributed by atoms with Crippen molar-refractivity contribution < 1.29 is 14.3 Å². The van der Waals surface area contributed by atoms with Crippen LogP contribution in [0.1, 0.15) is 32.1 Å². The Labute approximate surface area is 101 Å². The summed E-state index contributed by atoms with van der Waals surface area (Å²) in [5.41, 5.74) is 5.24. The summed E-state index contributed by atoms with van der Waals surface area (Å²) in [5.74, 6) is 0.359. The minimum absolute atomic E-state index is 0.169. The first-order valence-electron chi connectivity index (χ1n) is 6.17. The van der Waals surface area contributed by atoms with Crippen LogP contribution in [0.2, 0.25) is 0 Å². The average molecular weight is 237 g/mol. The quantitative estimate of drug-likeness (QED) is 0.580. The smallest absolute Gasteiger partial charge is 0.330 e. The third-order valence-corrected chi connectivity index (χ3v) is 4.42. The maximum atomic E-state index is 11.6. The molecule has 17 heavy (non-hydrogen) atoms. The summed E-state index contributed by atoms with van der Waals surface area (Å²) >= 11 is 0. The Morgan fingerprint density at radius 2 is 2.29 bits per heavy atom. The molecule has 2 aliphatic carbocycles. The van der Waals surface area contributed by atoms with Crippen molar-refractivity contribution in [2.45, 2.75) is 32.1 Å². The van der Waals surface area contributed by atoms with Crippen molar-refractivity contribution in [3.63, 3.8) is 0 Å². The van der Waals surface area contributed by atoms with Gasteiger partial charge in [0.1, 0.15) is 0 Å². The molecular weight excluding hydrogens is 218 g/mol. The van der Waals surface area contributed by atoms with Gasteiger partial charge in [0.15, 0.2) is 0 Å². The first-order valence-corrected chi connectivity index (χ1v) is 6.17. The Bertz CT molecular complexity index is 353. The van der Waals surface area contributed by atoms with Crippen LogP contribution in [0.3, 0.4) is 0 Å². The van der Waals surface area contributed by atoms with Gasteiger partial charge in [0.25, 0.3) is 0 Å². The number of carbonyl (C=O) groups is 2. The number of hydrogen-bond acceptors (Lipinski definition) is 3. The van der Waals surface area contributed by atoms with E-state index in [2.05, 4.69) is 6.58 Å². The zero-order chi connectivity index (χ0) is 12.5. The fraction of sp³-hybridized carbons (Fsp3) is 0.692. The van der Waals surface area contributed by atoms with Crippen LogP contribution >= 0.6 is 0 Å². The van der Waals surface area contributed by atoms with Gasteiger partial charge in [0.2, 0.25) is 5.91 Å². The van der Waals surface area contributed by atoms with E-state index in [-0.39, 0.29) is 17.2 Å². The molecule has 2 bridgehead atoms. The van der Waals surface area contributed by atoms with E-state index in [9.17, 15) is 9.59 Å². The van der Waals surface area contributed by atoms with Crippen molar-refractivity contribution in [2.24, 2.45) is 23.0 Å². The van der Waals surface area contributed by atoms with E-state index in [1.54, 1.807) is 0 Å². The van der Waals surface area contributed by atoms with Gasteiger partial charge in [-0.1, -0.05) is 6.58 Å². The molecule has 1 amide bonds. The second-order valence-electron chi connectivity index (χ2n) is 5.22. The predicted octanol–water partition coefficient (Wildman–Crippen LogP) is 1.40. The molecule has 0 aromatic rings. The van der Waals surface area contributed by atoms with E-state index in [1.165, 1.54) is 0 Å². The van der Waals surface area contributed by atoms with Gasteiger partial charge in [0, 0.05) is 6.08 Å². The summed E-state index contributed by atoms with van der Waals surface area (Å²) in [7, 11) is 0. The highest BCUT2D eigenvalue weighted by atomic mass is 16.5. The number of ether oxygens (including phenoxy) is 1. The van der Waals surface area contributed by atoms with Crippen LogP contribution in [0.5, 0.6) is 0 Å². The summed E-state index contributed by atoms with van der Waals surface area (Å²) in [6.07, 6.45) is 5.90. The zero-order valence-electron chi connectivity index (χ0n) is 9.98. The van der Waals surface area contributed by atoms with Gasteiger partial charge < -0.3 is 10.5 Å². The number of amides is 1. The van der Waals surface area contributed by atoms with Crippen LogP contribution in [0.4, 0.5) is 0 Å². The lowest BCUT2D eigenvalue weighted by atomic mass is 9.73. The Kier molecular flexibility index (Phi) is 3.22. The maximum Gasteiger partial charge on any atom is 0.330 e. The molecule has 4 nitrogen and oxygen atoms in total. The Balaban J connectivity index is 1.91. The number of nitrogens with two attached hydrogens (primary N) is 1. The van der Waals surface area contributed by atoms with Crippen molar-refractivity contribution in [3.8, 4) is 0 Å². The topological polar surface area (TPSA) is 69.4 Å². The lowest BCUT2D eigenvalue weighted by Crippen LogP contribution is -2.39. The van der Waals surface area contributed by atoms with Crippen molar-refractivity contribution in [3.05, 3.63) is 12.7 Å². The van der Waals surface area contributed by atoms with Crippen LogP contribution in [-0.4, -0.2) is 18.5 Å². The standard InChI is InChI=1S/C13H19NO3/c1-2-11(15)17-6-4-10-7-9-3-5-13(10,8-9)12(14)16/h2,9-10H,1,3-8H2,(H2,14,16). The molecule has 0 spiro atoms. The molecule has 0 aliphatic heterocycles. The van der Waals surface area contributed by atoms with Gasteiger partial charge in [-0.2, -0.15) is 0 Å². The number of carbonyl (C=O) groups excluding carboxylic acids is 2. The van der Waals surface area contributed by atoms with Gasteiger partial charge >= 0.3 is 5.97 Å². The number of hydrogen-bond donors (Lipinski definition) is 1. The largest absolute Gasteiger partial charge is 0.463 e. The molecule has 2 saturated carbocycles. The normalized spacial score (nSPS) is 34.6. The summed E-state index contributed by atoms with van der Waals surface area (Å²) in [6.45, 7) is 3.70. The molecule has 94 valence electrons. The highest BCUT2D eigenvalue weighted by Gasteiger charge is 2.55. The lowest BCUT2D eigenvalue weighted by Gasteiger charge is -2.31. The Morgan fingerprint density at radius 3 is 2.88 bits per heavy atom. The predicted molar refractivity (Wildman–Crippen MR) is 62.8 cm³/mol. The molecule has 4 heteroatoms. The highest BCUT2D eigenvalue weighted by molar-refractivity contribution is 5.82. The molecule has 3 unspecified atom stereocenters. The second kappa shape index (κ2) is 4.51. The lowest BCUT2D eigenvalue weighted by molar-refractivity contribution is -0.138. The van der Waals surface area contributed by atoms with Crippen LogP contribution < -0.4 is 5.73 Å². The van der Waals surface area contributed by atoms with Crippen molar-refractivity contribution in [1.82, 2.24) is 0 Å². The Hall–Kier alpha value is -1.32. The molecule has 0 radical (unpaired) electrons.